The number of nitrogens with one attached hydrogen (secondary N) is 1. The van der Waals surface area contributed by atoms with E-state index in [0.29, 0.717) is 5.69 Å². The van der Waals surface area contributed by atoms with Crippen LogP contribution in [0.4, 0.5) is 17.1 Å². The Hall–Kier alpha value is -3.11. The second kappa shape index (κ2) is 5.83. The summed E-state index contributed by atoms with van der Waals surface area (Å²) in [5.74, 6) is 0. The van der Waals surface area contributed by atoms with Crippen LogP contribution < -0.4 is 11.1 Å². The summed E-state index contributed by atoms with van der Waals surface area (Å²) < 4.78 is 0. The van der Waals surface area contributed by atoms with Gasteiger partial charge in [-0.2, -0.15) is 0 Å². The predicted octanol–water partition coefficient (Wildman–Crippen LogP) is 4.21. The largest absolute Gasteiger partial charge is 0.399 e. The summed E-state index contributed by atoms with van der Waals surface area (Å²) in [6.45, 7) is -0.0402. The second-order valence-electron chi connectivity index (χ2n) is 5.80. The van der Waals surface area contributed by atoms with Crippen LogP contribution in [0.1, 0.15) is 5.56 Å². The lowest BCUT2D eigenvalue weighted by Gasteiger charge is -2.12. The number of benzene rings is 3. The van der Waals surface area contributed by atoms with Crippen molar-refractivity contribution in [2.45, 2.75) is 6.61 Å². The number of nitrogens with two attached hydrogens (primary N) is 1. The van der Waals surface area contributed by atoms with Crippen LogP contribution in [0.5, 0.6) is 0 Å². The molecule has 0 aliphatic carbocycles. The molecule has 0 aliphatic heterocycles. The molecular formula is C20H17N3O. The van der Waals surface area contributed by atoms with Crippen molar-refractivity contribution in [2.24, 2.45) is 0 Å². The Morgan fingerprint density at radius 1 is 0.917 bits per heavy atom. The van der Waals surface area contributed by atoms with Gasteiger partial charge in [-0.05, 0) is 48.0 Å². The molecule has 0 spiro atoms. The van der Waals surface area contributed by atoms with E-state index in [0.717, 1.165) is 38.7 Å². The van der Waals surface area contributed by atoms with Crippen molar-refractivity contribution in [2.75, 3.05) is 11.1 Å². The molecule has 4 nitrogen and oxygen atoms in total. The molecule has 3 aromatic carbocycles. The fourth-order valence-corrected chi connectivity index (χ4v) is 2.95. The van der Waals surface area contributed by atoms with Crippen LogP contribution in [0.3, 0.4) is 0 Å². The molecular weight excluding hydrogens is 298 g/mol. The molecule has 0 saturated heterocycles. The number of pyridine rings is 1. The number of fused-ring (bicyclic) bond motifs is 2. The average molecular weight is 315 g/mol. The number of nitrogens with zero attached hydrogens (tertiary/aromatic N) is 1. The Balaban J connectivity index is 1.84. The number of aliphatic hydroxyl groups is 1. The van der Waals surface area contributed by atoms with E-state index < -0.39 is 0 Å². The molecule has 0 saturated carbocycles. The van der Waals surface area contributed by atoms with Crippen LogP contribution in [0.15, 0.2) is 66.7 Å². The minimum atomic E-state index is -0.0402. The van der Waals surface area contributed by atoms with Gasteiger partial charge < -0.3 is 16.2 Å². The maximum Gasteiger partial charge on any atom is 0.0730 e. The van der Waals surface area contributed by atoms with Gasteiger partial charge in [0.25, 0.3) is 0 Å². The molecule has 0 atom stereocenters. The van der Waals surface area contributed by atoms with E-state index >= 15 is 0 Å². The van der Waals surface area contributed by atoms with Crippen LogP contribution in [-0.4, -0.2) is 10.1 Å². The summed E-state index contributed by atoms with van der Waals surface area (Å²) >= 11 is 0. The quantitative estimate of drug-likeness (QED) is 0.391. The molecule has 24 heavy (non-hydrogen) atoms. The van der Waals surface area contributed by atoms with Crippen molar-refractivity contribution in [3.63, 3.8) is 0 Å². The van der Waals surface area contributed by atoms with Gasteiger partial charge in [-0.3, -0.25) is 0 Å². The fourth-order valence-electron chi connectivity index (χ4n) is 2.95. The molecule has 1 heterocycles. The first kappa shape index (κ1) is 14.5. The second-order valence-corrected chi connectivity index (χ2v) is 5.80. The molecule has 0 fully saturated rings. The zero-order valence-corrected chi connectivity index (χ0v) is 13.0. The van der Waals surface area contributed by atoms with Gasteiger partial charge in [-0.15, -0.1) is 0 Å². The molecule has 4 rings (SSSR count). The zero-order chi connectivity index (χ0) is 16.5. The van der Waals surface area contributed by atoms with Crippen molar-refractivity contribution in [3.05, 3.63) is 72.3 Å². The normalized spacial score (nSPS) is 11.0. The Morgan fingerprint density at radius 2 is 1.75 bits per heavy atom. The smallest absolute Gasteiger partial charge is 0.0730 e. The number of nitrogen functional groups attached to an aromatic ring is 1. The predicted molar refractivity (Wildman–Crippen MR) is 99.3 cm³/mol. The number of hydrogen-bond donors (Lipinski definition) is 3. The fraction of sp³-hybridized carbons (Fsp3) is 0.0500. The van der Waals surface area contributed by atoms with E-state index in [1.807, 2.05) is 48.5 Å². The molecule has 4 N–H and O–H groups in total. The van der Waals surface area contributed by atoms with Gasteiger partial charge in [0.05, 0.1) is 17.6 Å². The lowest BCUT2D eigenvalue weighted by molar-refractivity contribution is 0.282. The number of aliphatic hydroxyl groups excluding tert-OH is 1. The summed E-state index contributed by atoms with van der Waals surface area (Å²) in [4.78, 5) is 4.73. The highest BCUT2D eigenvalue weighted by molar-refractivity contribution is 6.00. The SMILES string of the molecule is Nc1cc(CO)cc(Nc2cccc3nc4ccccc4cc23)c1. The van der Waals surface area contributed by atoms with E-state index in [1.54, 1.807) is 6.07 Å². The van der Waals surface area contributed by atoms with Crippen molar-refractivity contribution >= 4 is 38.9 Å². The van der Waals surface area contributed by atoms with Crippen LogP contribution in [-0.2, 0) is 6.61 Å². The number of aromatic nitrogens is 1. The van der Waals surface area contributed by atoms with Crippen molar-refractivity contribution in [3.8, 4) is 0 Å². The molecule has 0 aliphatic rings. The third-order valence-electron chi connectivity index (χ3n) is 4.04. The molecule has 4 heteroatoms. The number of hydrogen-bond acceptors (Lipinski definition) is 4. The Kier molecular flexibility index (Phi) is 3.52. The molecule has 1 aromatic heterocycles. The zero-order valence-electron chi connectivity index (χ0n) is 13.0. The van der Waals surface area contributed by atoms with Crippen LogP contribution in [0.2, 0.25) is 0 Å². The minimum absolute atomic E-state index is 0.0402. The van der Waals surface area contributed by atoms with E-state index in [-0.39, 0.29) is 6.61 Å². The van der Waals surface area contributed by atoms with E-state index in [9.17, 15) is 5.11 Å². The van der Waals surface area contributed by atoms with Crippen LogP contribution in [0, 0.1) is 0 Å². The van der Waals surface area contributed by atoms with Gasteiger partial charge in [0.15, 0.2) is 0 Å². The van der Waals surface area contributed by atoms with Gasteiger partial charge in [0, 0.05) is 27.8 Å². The van der Waals surface area contributed by atoms with E-state index in [4.69, 9.17) is 10.7 Å². The first-order valence-corrected chi connectivity index (χ1v) is 7.79. The third kappa shape index (κ3) is 2.64. The standard InChI is InChI=1S/C20H17N3O/c21-15-8-13(12-24)9-16(11-15)22-19-6-3-7-20-17(19)10-14-4-1-2-5-18(14)23-20/h1-11,22,24H,12,21H2. The average Bonchev–Trinajstić information content (AvgIpc) is 2.60. The molecule has 4 aromatic rings. The number of anilines is 3. The van der Waals surface area contributed by atoms with Gasteiger partial charge in [0.1, 0.15) is 0 Å². The number of rotatable bonds is 3. The van der Waals surface area contributed by atoms with E-state index in [1.165, 1.54) is 0 Å². The molecule has 0 bridgehead atoms. The Morgan fingerprint density at radius 3 is 2.62 bits per heavy atom. The van der Waals surface area contributed by atoms with Gasteiger partial charge >= 0.3 is 0 Å². The molecule has 0 amide bonds. The van der Waals surface area contributed by atoms with Crippen LogP contribution >= 0.6 is 0 Å². The van der Waals surface area contributed by atoms with Crippen molar-refractivity contribution in [1.82, 2.24) is 4.98 Å². The van der Waals surface area contributed by atoms with Crippen molar-refractivity contribution in [1.29, 1.82) is 0 Å². The highest BCUT2D eigenvalue weighted by Crippen LogP contribution is 2.29. The summed E-state index contributed by atoms with van der Waals surface area (Å²) in [6.07, 6.45) is 0. The maximum absolute atomic E-state index is 9.35. The topological polar surface area (TPSA) is 71.2 Å². The molecule has 0 radical (unpaired) electrons. The highest BCUT2D eigenvalue weighted by atomic mass is 16.3. The van der Waals surface area contributed by atoms with Crippen molar-refractivity contribution < 1.29 is 5.11 Å². The van der Waals surface area contributed by atoms with Gasteiger partial charge in [-0.25, -0.2) is 4.98 Å². The summed E-state index contributed by atoms with van der Waals surface area (Å²) in [6, 6.07) is 21.7. The number of para-hydroxylation sites is 1. The summed E-state index contributed by atoms with van der Waals surface area (Å²) in [5, 5.41) is 14.9. The first-order chi connectivity index (χ1) is 11.7. The monoisotopic (exact) mass is 315 g/mol. The van der Waals surface area contributed by atoms with E-state index in [2.05, 4.69) is 17.4 Å². The minimum Gasteiger partial charge on any atom is -0.399 e. The van der Waals surface area contributed by atoms with Gasteiger partial charge in [-0.1, -0.05) is 24.3 Å². The van der Waals surface area contributed by atoms with Gasteiger partial charge in [0.2, 0.25) is 0 Å². The summed E-state index contributed by atoms with van der Waals surface area (Å²) in [7, 11) is 0. The lowest BCUT2D eigenvalue weighted by Crippen LogP contribution is -1.96. The molecule has 0 unspecified atom stereocenters. The molecule has 118 valence electrons. The highest BCUT2D eigenvalue weighted by Gasteiger charge is 2.06. The first-order valence-electron chi connectivity index (χ1n) is 7.79. The lowest BCUT2D eigenvalue weighted by atomic mass is 10.1. The Labute approximate surface area is 139 Å². The summed E-state index contributed by atoms with van der Waals surface area (Å²) in [5.41, 5.74) is 11.0. The third-order valence-corrected chi connectivity index (χ3v) is 4.04. The van der Waals surface area contributed by atoms with Crippen LogP contribution in [0.25, 0.3) is 21.8 Å². The Bertz CT molecular complexity index is 1040. The maximum atomic E-state index is 9.35.